The van der Waals surface area contributed by atoms with Gasteiger partial charge in [0, 0.05) is 6.42 Å². The highest BCUT2D eigenvalue weighted by Gasteiger charge is 2.27. The van der Waals surface area contributed by atoms with Crippen molar-refractivity contribution in [2.75, 3.05) is 26.4 Å². The number of carbonyl (C=O) groups excluding carboxylic acids is 2. The van der Waals surface area contributed by atoms with Crippen molar-refractivity contribution in [2.24, 2.45) is 5.92 Å². The molecular weight excluding hydrogens is 669 g/mol. The summed E-state index contributed by atoms with van der Waals surface area (Å²) >= 11 is 0. The van der Waals surface area contributed by atoms with E-state index < -0.39 is 37.7 Å². The Labute approximate surface area is 305 Å². The molecule has 0 atom stereocenters. The van der Waals surface area contributed by atoms with E-state index in [9.17, 15) is 22.8 Å². The van der Waals surface area contributed by atoms with Gasteiger partial charge < -0.3 is 19.7 Å². The van der Waals surface area contributed by atoms with Crippen molar-refractivity contribution < 1.29 is 42.4 Å². The molecule has 0 aliphatic heterocycles. The smallest absolute Gasteiger partial charge is 0.389 e. The number of aryl methyl sites for hydroxylation is 2. The predicted molar refractivity (Wildman–Crippen MR) is 198 cm³/mol. The van der Waals surface area contributed by atoms with Gasteiger partial charge in [-0.05, 0) is 109 Å². The Kier molecular flexibility index (Phi) is 15.7. The average molecular weight is 721 g/mol. The Balaban J connectivity index is 1.37. The van der Waals surface area contributed by atoms with E-state index in [0.29, 0.717) is 43.9 Å². The van der Waals surface area contributed by atoms with Crippen LogP contribution in [0.25, 0.3) is 22.3 Å². The molecule has 0 amide bonds. The summed E-state index contributed by atoms with van der Waals surface area (Å²) in [6.45, 7) is 6.51. The molecule has 0 spiro atoms. The van der Waals surface area contributed by atoms with E-state index in [1.165, 1.54) is 5.56 Å². The third kappa shape index (κ3) is 13.1. The quantitative estimate of drug-likeness (QED) is 0.0729. The normalized spacial score (nSPS) is 15.9. The second-order valence-electron chi connectivity index (χ2n) is 13.8. The molecular formula is C43H51F3O6. The molecule has 52 heavy (non-hydrogen) atoms. The molecule has 0 bridgehead atoms. The lowest BCUT2D eigenvalue weighted by Gasteiger charge is -2.29. The molecule has 0 unspecified atom stereocenters. The Morgan fingerprint density at radius 3 is 1.58 bits per heavy atom. The van der Waals surface area contributed by atoms with Crippen LogP contribution in [0.5, 0.6) is 0 Å². The van der Waals surface area contributed by atoms with Crippen LogP contribution in [0.15, 0.2) is 91.0 Å². The van der Waals surface area contributed by atoms with Crippen molar-refractivity contribution in [3.8, 4) is 22.3 Å². The van der Waals surface area contributed by atoms with Gasteiger partial charge in [0.05, 0.1) is 37.6 Å². The minimum atomic E-state index is -4.05. The minimum Gasteiger partial charge on any atom is -0.462 e. The molecule has 1 aliphatic carbocycles. The number of hydrogen-bond donors (Lipinski definition) is 2. The largest absolute Gasteiger partial charge is 0.462 e. The number of aliphatic hydroxyl groups is 2. The van der Waals surface area contributed by atoms with Crippen LogP contribution in [0, 0.1) is 5.92 Å². The van der Waals surface area contributed by atoms with E-state index >= 15 is 0 Å². The van der Waals surface area contributed by atoms with Crippen LogP contribution in [-0.2, 0) is 31.9 Å². The Morgan fingerprint density at radius 1 is 0.654 bits per heavy atom. The number of halogens is 3. The van der Waals surface area contributed by atoms with Gasteiger partial charge in [-0.3, -0.25) is 0 Å². The number of unbranched alkanes of at least 4 members (excludes halogenated alkanes) is 1. The summed E-state index contributed by atoms with van der Waals surface area (Å²) in [6, 6.07) is 23.5. The van der Waals surface area contributed by atoms with E-state index in [1.807, 2.05) is 0 Å². The Hall–Kier alpha value is -4.21. The van der Waals surface area contributed by atoms with Crippen molar-refractivity contribution in [3.05, 3.63) is 108 Å². The molecule has 1 fully saturated rings. The van der Waals surface area contributed by atoms with Gasteiger partial charge in [-0.2, -0.15) is 13.2 Å². The standard InChI is InChI=1S/C43H51F3O6/c1-30(28-47)41(49)51-23-5-8-33-25-34(9-6-24-52-42(50)31(2)29-48)27-40(26-33)39-20-18-38(19-21-39)37-16-14-36(15-17-37)35-12-10-32(11-13-35)7-3-4-22-43(44,45)46/h14-21,25-27,32,35,47-48H,1-13,22-24,28-29H2. The van der Waals surface area contributed by atoms with Crippen LogP contribution in [0.1, 0.15) is 86.8 Å². The molecule has 2 N–H and O–H groups in total. The lowest BCUT2D eigenvalue weighted by atomic mass is 9.77. The lowest BCUT2D eigenvalue weighted by molar-refractivity contribution is -0.140. The second kappa shape index (κ2) is 20.1. The molecule has 0 saturated heterocycles. The van der Waals surface area contributed by atoms with Crippen molar-refractivity contribution in [1.29, 1.82) is 0 Å². The molecule has 280 valence electrons. The SMILES string of the molecule is C=C(CO)C(=O)OCCCc1cc(CCCOC(=O)C(=C)CO)cc(-c2ccc(-c3ccc(C4CCC(CCCCC(F)(F)F)CC4)cc3)cc2)c1. The van der Waals surface area contributed by atoms with Gasteiger partial charge >= 0.3 is 18.1 Å². The minimum absolute atomic E-state index is 0.0189. The third-order valence-corrected chi connectivity index (χ3v) is 9.80. The molecule has 0 heterocycles. The van der Waals surface area contributed by atoms with Crippen molar-refractivity contribution in [1.82, 2.24) is 0 Å². The van der Waals surface area contributed by atoms with Crippen LogP contribution >= 0.6 is 0 Å². The zero-order valence-electron chi connectivity index (χ0n) is 29.9. The maximum absolute atomic E-state index is 12.4. The number of esters is 2. The summed E-state index contributed by atoms with van der Waals surface area (Å²) in [7, 11) is 0. The predicted octanol–water partition coefficient (Wildman–Crippen LogP) is 9.47. The third-order valence-electron chi connectivity index (χ3n) is 9.80. The summed E-state index contributed by atoms with van der Waals surface area (Å²) in [5.74, 6) is -0.189. The van der Waals surface area contributed by atoms with E-state index in [-0.39, 0.29) is 30.8 Å². The summed E-state index contributed by atoms with van der Waals surface area (Å²) < 4.78 is 47.8. The Bertz CT molecular complexity index is 1570. The number of hydrogen-bond acceptors (Lipinski definition) is 6. The molecule has 0 radical (unpaired) electrons. The summed E-state index contributed by atoms with van der Waals surface area (Å²) in [5, 5.41) is 18.2. The first-order valence-corrected chi connectivity index (χ1v) is 18.3. The fourth-order valence-electron chi connectivity index (χ4n) is 6.78. The summed E-state index contributed by atoms with van der Waals surface area (Å²) in [5.41, 5.74) is 7.83. The van der Waals surface area contributed by atoms with Crippen molar-refractivity contribution in [3.63, 3.8) is 0 Å². The zero-order chi connectivity index (χ0) is 37.5. The maximum atomic E-state index is 12.4. The molecule has 9 heteroatoms. The van der Waals surface area contributed by atoms with E-state index in [1.54, 1.807) is 0 Å². The van der Waals surface area contributed by atoms with Crippen LogP contribution in [0.3, 0.4) is 0 Å². The first kappa shape index (κ1) is 40.6. The highest BCUT2D eigenvalue weighted by molar-refractivity contribution is 5.88. The van der Waals surface area contributed by atoms with Crippen LogP contribution in [-0.4, -0.2) is 54.8 Å². The number of rotatable bonds is 19. The topological polar surface area (TPSA) is 93.1 Å². The van der Waals surface area contributed by atoms with Crippen molar-refractivity contribution >= 4 is 11.9 Å². The van der Waals surface area contributed by atoms with Crippen LogP contribution in [0.2, 0.25) is 0 Å². The zero-order valence-corrected chi connectivity index (χ0v) is 29.9. The average Bonchev–Trinajstić information content (AvgIpc) is 3.16. The monoisotopic (exact) mass is 720 g/mol. The van der Waals surface area contributed by atoms with E-state index in [2.05, 4.69) is 79.9 Å². The highest BCUT2D eigenvalue weighted by Crippen LogP contribution is 2.39. The fourth-order valence-corrected chi connectivity index (χ4v) is 6.78. The van der Waals surface area contributed by atoms with Gasteiger partial charge in [0.2, 0.25) is 0 Å². The van der Waals surface area contributed by atoms with E-state index in [0.717, 1.165) is 65.5 Å². The number of aliphatic hydroxyl groups excluding tert-OH is 2. The molecule has 1 aliphatic rings. The number of benzene rings is 3. The molecule has 4 rings (SSSR count). The lowest BCUT2D eigenvalue weighted by Crippen LogP contribution is -2.14. The van der Waals surface area contributed by atoms with Gasteiger partial charge in [-0.25, -0.2) is 9.59 Å². The first-order chi connectivity index (χ1) is 25.0. The number of carbonyl (C=O) groups is 2. The fraction of sp³-hybridized carbons (Fsp3) is 0.442. The van der Waals surface area contributed by atoms with Gasteiger partial charge in [0.15, 0.2) is 0 Å². The van der Waals surface area contributed by atoms with Crippen molar-refractivity contribution in [2.45, 2.75) is 89.1 Å². The molecule has 3 aromatic carbocycles. The molecule has 0 aromatic heterocycles. The molecule has 1 saturated carbocycles. The Morgan fingerprint density at radius 2 is 1.12 bits per heavy atom. The highest BCUT2D eigenvalue weighted by atomic mass is 19.4. The van der Waals surface area contributed by atoms with Gasteiger partial charge in [-0.1, -0.05) is 92.7 Å². The van der Waals surface area contributed by atoms with Gasteiger partial charge in [-0.15, -0.1) is 0 Å². The van der Waals surface area contributed by atoms with E-state index in [4.69, 9.17) is 19.7 Å². The van der Waals surface area contributed by atoms with Crippen LogP contribution < -0.4 is 0 Å². The first-order valence-electron chi connectivity index (χ1n) is 18.3. The molecule has 6 nitrogen and oxygen atoms in total. The van der Waals surface area contributed by atoms with Crippen LogP contribution in [0.4, 0.5) is 13.2 Å². The molecule has 3 aromatic rings. The maximum Gasteiger partial charge on any atom is 0.389 e. The number of alkyl halides is 3. The number of ether oxygens (including phenoxy) is 2. The van der Waals surface area contributed by atoms with Gasteiger partial charge in [0.25, 0.3) is 0 Å². The summed E-state index contributed by atoms with van der Waals surface area (Å²) in [4.78, 5) is 23.7. The second-order valence-corrected chi connectivity index (χ2v) is 13.8. The van der Waals surface area contributed by atoms with Gasteiger partial charge in [0.1, 0.15) is 0 Å². The summed E-state index contributed by atoms with van der Waals surface area (Å²) in [6.07, 6.45) is 3.87.